The molecule has 1 aromatic carbocycles. The van der Waals surface area contributed by atoms with Crippen LogP contribution in [0.25, 0.3) is 0 Å². The molecule has 0 aliphatic carbocycles. The Balaban J connectivity index is 2.69. The van der Waals surface area contributed by atoms with Gasteiger partial charge in [0.05, 0.1) is 11.6 Å². The van der Waals surface area contributed by atoms with Gasteiger partial charge in [0.25, 0.3) is 0 Å². The van der Waals surface area contributed by atoms with Crippen LogP contribution in [0, 0.1) is 0 Å². The first kappa shape index (κ1) is 9.84. The molecule has 1 aromatic rings. The Labute approximate surface area is 84.7 Å². The normalized spacial score (nSPS) is 9.92. The fourth-order valence-corrected chi connectivity index (χ4v) is 1.30. The molecule has 0 bridgehead atoms. The highest BCUT2D eigenvalue weighted by Crippen LogP contribution is 2.25. The lowest BCUT2D eigenvalue weighted by molar-refractivity contribution is 0.311. The maximum Gasteiger partial charge on any atom is 0.0604 e. The molecule has 0 radical (unpaired) electrons. The van der Waals surface area contributed by atoms with E-state index in [1.807, 2.05) is 12.1 Å². The summed E-state index contributed by atoms with van der Waals surface area (Å²) >= 11 is 9.09. The van der Waals surface area contributed by atoms with E-state index in [1.54, 1.807) is 6.07 Å². The molecule has 0 amide bonds. The van der Waals surface area contributed by atoms with Crippen LogP contribution in [0.1, 0.15) is 0 Å². The van der Waals surface area contributed by atoms with Gasteiger partial charge in [0.2, 0.25) is 0 Å². The van der Waals surface area contributed by atoms with Crippen molar-refractivity contribution in [1.29, 1.82) is 0 Å². The van der Waals surface area contributed by atoms with Gasteiger partial charge in [-0.05, 0) is 34.1 Å². The Kier molecular flexibility index (Phi) is 3.85. The molecule has 0 spiro atoms. The van der Waals surface area contributed by atoms with Crippen molar-refractivity contribution in [3.05, 3.63) is 27.7 Å². The number of aliphatic hydroxyl groups is 1. The highest BCUT2D eigenvalue weighted by Gasteiger charge is 1.97. The van der Waals surface area contributed by atoms with Crippen molar-refractivity contribution in [1.82, 2.24) is 0 Å². The number of nitrogens with one attached hydrogen (secondary N) is 1. The topological polar surface area (TPSA) is 32.3 Å². The SMILES string of the molecule is OCCNc1ccc(Cl)c(Br)c1. The Morgan fingerprint density at radius 3 is 2.83 bits per heavy atom. The van der Waals surface area contributed by atoms with Gasteiger partial charge in [-0.3, -0.25) is 0 Å². The van der Waals surface area contributed by atoms with Gasteiger partial charge < -0.3 is 10.4 Å². The first-order valence-corrected chi connectivity index (χ1v) is 4.71. The number of hydrogen-bond acceptors (Lipinski definition) is 2. The number of benzene rings is 1. The van der Waals surface area contributed by atoms with Crippen LogP contribution in [0.5, 0.6) is 0 Å². The molecule has 2 N–H and O–H groups in total. The number of rotatable bonds is 3. The van der Waals surface area contributed by atoms with Crippen LogP contribution < -0.4 is 5.32 Å². The number of aliphatic hydroxyl groups excluding tert-OH is 1. The van der Waals surface area contributed by atoms with Crippen molar-refractivity contribution >= 4 is 33.2 Å². The van der Waals surface area contributed by atoms with E-state index in [4.69, 9.17) is 16.7 Å². The lowest BCUT2D eigenvalue weighted by atomic mass is 10.3. The summed E-state index contributed by atoms with van der Waals surface area (Å²) in [6, 6.07) is 5.53. The summed E-state index contributed by atoms with van der Waals surface area (Å²) in [7, 11) is 0. The molecule has 0 saturated heterocycles. The van der Waals surface area contributed by atoms with Crippen molar-refractivity contribution < 1.29 is 5.11 Å². The average molecular weight is 251 g/mol. The van der Waals surface area contributed by atoms with Gasteiger partial charge in [0, 0.05) is 16.7 Å². The molecule has 0 fully saturated rings. The highest BCUT2D eigenvalue weighted by molar-refractivity contribution is 9.10. The van der Waals surface area contributed by atoms with Gasteiger partial charge >= 0.3 is 0 Å². The average Bonchev–Trinajstić information content (AvgIpc) is 2.07. The largest absolute Gasteiger partial charge is 0.395 e. The summed E-state index contributed by atoms with van der Waals surface area (Å²) in [5.74, 6) is 0. The van der Waals surface area contributed by atoms with Crippen LogP contribution in [-0.2, 0) is 0 Å². The standard InChI is InChI=1S/C8H9BrClNO/c9-7-5-6(11-3-4-12)1-2-8(7)10/h1-2,5,11-12H,3-4H2. The molecule has 0 heterocycles. The summed E-state index contributed by atoms with van der Waals surface area (Å²) in [5.41, 5.74) is 0.945. The lowest BCUT2D eigenvalue weighted by Gasteiger charge is -2.04. The maximum absolute atomic E-state index is 8.55. The minimum atomic E-state index is 0.125. The third kappa shape index (κ3) is 2.66. The molecule has 66 valence electrons. The Morgan fingerprint density at radius 2 is 2.25 bits per heavy atom. The van der Waals surface area contributed by atoms with Crippen LogP contribution in [0.3, 0.4) is 0 Å². The Bertz CT molecular complexity index is 267. The molecule has 1 rings (SSSR count). The maximum atomic E-state index is 8.55. The predicted molar refractivity (Wildman–Crippen MR) is 54.7 cm³/mol. The molecule has 4 heteroatoms. The van der Waals surface area contributed by atoms with Gasteiger partial charge in [0.1, 0.15) is 0 Å². The van der Waals surface area contributed by atoms with Crippen molar-refractivity contribution in [3.8, 4) is 0 Å². The third-order valence-corrected chi connectivity index (χ3v) is 2.57. The molecule has 0 unspecified atom stereocenters. The second kappa shape index (κ2) is 4.70. The zero-order chi connectivity index (χ0) is 8.97. The second-order valence-corrected chi connectivity index (χ2v) is 3.54. The molecule has 0 aromatic heterocycles. The van der Waals surface area contributed by atoms with Crippen LogP contribution in [0.4, 0.5) is 5.69 Å². The van der Waals surface area contributed by atoms with E-state index in [2.05, 4.69) is 21.2 Å². The van der Waals surface area contributed by atoms with Gasteiger partial charge in [-0.25, -0.2) is 0 Å². The van der Waals surface area contributed by atoms with Crippen LogP contribution in [0.15, 0.2) is 22.7 Å². The summed E-state index contributed by atoms with van der Waals surface area (Å²) in [4.78, 5) is 0. The second-order valence-electron chi connectivity index (χ2n) is 2.28. The molecule has 0 aliphatic heterocycles. The van der Waals surface area contributed by atoms with Gasteiger partial charge in [-0.2, -0.15) is 0 Å². The Hall–Kier alpha value is -0.250. The van der Waals surface area contributed by atoms with Crippen LogP contribution >= 0.6 is 27.5 Å². The lowest BCUT2D eigenvalue weighted by Crippen LogP contribution is -2.04. The molecule has 2 nitrogen and oxygen atoms in total. The number of hydrogen-bond donors (Lipinski definition) is 2. The Morgan fingerprint density at radius 1 is 1.50 bits per heavy atom. The van der Waals surface area contributed by atoms with E-state index < -0.39 is 0 Å². The number of anilines is 1. The van der Waals surface area contributed by atoms with Gasteiger partial charge in [-0.1, -0.05) is 11.6 Å². The zero-order valence-electron chi connectivity index (χ0n) is 6.35. The summed E-state index contributed by atoms with van der Waals surface area (Å²) in [5, 5.41) is 12.3. The van der Waals surface area contributed by atoms with E-state index in [-0.39, 0.29) is 6.61 Å². The molecule has 0 atom stereocenters. The first-order chi connectivity index (χ1) is 5.74. The fourth-order valence-electron chi connectivity index (χ4n) is 0.806. The molecule has 0 aliphatic rings. The zero-order valence-corrected chi connectivity index (χ0v) is 8.69. The monoisotopic (exact) mass is 249 g/mol. The van der Waals surface area contributed by atoms with Crippen molar-refractivity contribution in [2.45, 2.75) is 0 Å². The van der Waals surface area contributed by atoms with Crippen LogP contribution in [-0.4, -0.2) is 18.3 Å². The fraction of sp³-hybridized carbons (Fsp3) is 0.250. The summed E-state index contributed by atoms with van der Waals surface area (Å²) in [6.07, 6.45) is 0. The van der Waals surface area contributed by atoms with E-state index in [1.165, 1.54) is 0 Å². The number of halogens is 2. The van der Waals surface area contributed by atoms with Gasteiger partial charge in [-0.15, -0.1) is 0 Å². The van der Waals surface area contributed by atoms with Crippen molar-refractivity contribution in [2.24, 2.45) is 0 Å². The summed E-state index contributed by atoms with van der Waals surface area (Å²) in [6.45, 7) is 0.675. The van der Waals surface area contributed by atoms with E-state index in [9.17, 15) is 0 Å². The molecule has 0 saturated carbocycles. The quantitative estimate of drug-likeness (QED) is 0.864. The molecular formula is C8H9BrClNO. The van der Waals surface area contributed by atoms with Crippen molar-refractivity contribution in [2.75, 3.05) is 18.5 Å². The van der Waals surface area contributed by atoms with E-state index in [0.717, 1.165) is 10.2 Å². The molecule has 12 heavy (non-hydrogen) atoms. The third-order valence-electron chi connectivity index (χ3n) is 1.36. The van der Waals surface area contributed by atoms with E-state index >= 15 is 0 Å². The van der Waals surface area contributed by atoms with Crippen LogP contribution in [0.2, 0.25) is 5.02 Å². The van der Waals surface area contributed by atoms with Crippen molar-refractivity contribution in [3.63, 3.8) is 0 Å². The smallest absolute Gasteiger partial charge is 0.0604 e. The van der Waals surface area contributed by atoms with Gasteiger partial charge in [0.15, 0.2) is 0 Å². The first-order valence-electron chi connectivity index (χ1n) is 3.54. The highest BCUT2D eigenvalue weighted by atomic mass is 79.9. The predicted octanol–water partition coefficient (Wildman–Crippen LogP) is 2.51. The van der Waals surface area contributed by atoms with E-state index in [0.29, 0.717) is 11.6 Å². The minimum absolute atomic E-state index is 0.125. The molecular weight excluding hydrogens is 241 g/mol. The summed E-state index contributed by atoms with van der Waals surface area (Å²) < 4.78 is 0.854. The minimum Gasteiger partial charge on any atom is -0.395 e.